The van der Waals surface area contributed by atoms with Gasteiger partial charge in [-0.1, -0.05) is 22.0 Å². The molecular weight excluding hydrogens is 371 g/mol. The van der Waals surface area contributed by atoms with Crippen LogP contribution >= 0.6 is 15.9 Å². The van der Waals surface area contributed by atoms with Crippen LogP contribution in [0.2, 0.25) is 0 Å². The first-order valence-corrected chi connectivity index (χ1v) is 9.43. The Morgan fingerprint density at radius 3 is 2.75 bits per heavy atom. The molecule has 2 aliphatic rings. The Hall–Kier alpha value is -1.20. The molecule has 0 aromatic heterocycles. The maximum Gasteiger partial charge on any atom is 0.223 e. The summed E-state index contributed by atoms with van der Waals surface area (Å²) >= 11 is 3.36. The van der Waals surface area contributed by atoms with Crippen LogP contribution in [0.15, 0.2) is 35.3 Å². The molecule has 0 saturated carbocycles. The van der Waals surface area contributed by atoms with Crippen molar-refractivity contribution in [2.75, 3.05) is 6.54 Å². The molecule has 24 heavy (non-hydrogen) atoms. The topological polar surface area (TPSA) is 32.3 Å². The van der Waals surface area contributed by atoms with Gasteiger partial charge in [0, 0.05) is 41.6 Å². The fourth-order valence-electron chi connectivity index (χ4n) is 4.00. The van der Waals surface area contributed by atoms with E-state index in [1.807, 2.05) is 0 Å². The summed E-state index contributed by atoms with van der Waals surface area (Å²) in [4.78, 5) is 14.5. The molecule has 1 N–H and O–H groups in total. The highest BCUT2D eigenvalue weighted by atomic mass is 79.9. The zero-order valence-corrected chi connectivity index (χ0v) is 15.4. The molecule has 2 atom stereocenters. The number of hydrogen-bond donors (Lipinski definition) is 1. The van der Waals surface area contributed by atoms with Gasteiger partial charge in [0.15, 0.2) is 0 Å². The normalized spacial score (nSPS) is 25.5. The predicted octanol–water partition coefficient (Wildman–Crippen LogP) is 4.02. The number of fused-ring (bicyclic) bond motifs is 2. The van der Waals surface area contributed by atoms with Crippen molar-refractivity contribution in [2.45, 2.75) is 50.7 Å². The molecule has 130 valence electrons. The minimum atomic E-state index is -0.278. The van der Waals surface area contributed by atoms with Crippen molar-refractivity contribution < 1.29 is 9.18 Å². The number of rotatable bonds is 6. The number of nitrogens with one attached hydrogen (secondary N) is 1. The van der Waals surface area contributed by atoms with E-state index in [2.05, 4.69) is 27.8 Å². The van der Waals surface area contributed by atoms with E-state index in [0.717, 1.165) is 17.3 Å². The Bertz CT molecular complexity index is 609. The summed E-state index contributed by atoms with van der Waals surface area (Å²) in [5.74, 6) is 0.261. The summed E-state index contributed by atoms with van der Waals surface area (Å²) in [5, 5.41) is 3.61. The fraction of sp³-hybridized carbons (Fsp3) is 0.526. The highest BCUT2D eigenvalue weighted by Crippen LogP contribution is 2.33. The highest BCUT2D eigenvalue weighted by Gasteiger charge is 2.34. The van der Waals surface area contributed by atoms with Crippen LogP contribution < -0.4 is 5.32 Å². The van der Waals surface area contributed by atoms with Gasteiger partial charge in [-0.05, 0) is 49.8 Å². The molecule has 5 heteroatoms. The molecule has 3 nitrogen and oxygen atoms in total. The Kier molecular flexibility index (Phi) is 5.72. The predicted molar refractivity (Wildman–Crippen MR) is 97.0 cm³/mol. The molecule has 1 aromatic carbocycles. The zero-order valence-electron chi connectivity index (χ0n) is 13.8. The molecule has 2 unspecified atom stereocenters. The average Bonchev–Trinajstić information content (AvgIpc) is 2.89. The first kappa shape index (κ1) is 17.6. The molecule has 1 aromatic rings. The number of nitrogens with zero attached hydrogens (tertiary/aromatic N) is 1. The number of hydrogen-bond acceptors (Lipinski definition) is 2. The number of halogens is 2. The van der Waals surface area contributed by atoms with Gasteiger partial charge in [-0.25, -0.2) is 4.39 Å². The molecule has 0 aliphatic carbocycles. The van der Waals surface area contributed by atoms with E-state index in [9.17, 15) is 9.18 Å². The SMILES string of the molecule is C=CCN(Cc1cc(Br)ccc1F)C(=O)CC1CC2CCC(C1)N2. The quantitative estimate of drug-likeness (QED) is 0.738. The van der Waals surface area contributed by atoms with Crippen LogP contribution in [0.1, 0.15) is 37.7 Å². The van der Waals surface area contributed by atoms with Crippen LogP contribution in [0.25, 0.3) is 0 Å². The second-order valence-electron chi connectivity index (χ2n) is 6.98. The lowest BCUT2D eigenvalue weighted by atomic mass is 9.89. The molecule has 2 heterocycles. The van der Waals surface area contributed by atoms with Crippen LogP contribution in [0.3, 0.4) is 0 Å². The number of carbonyl (C=O) groups is 1. The van der Waals surface area contributed by atoms with Crippen LogP contribution in [-0.2, 0) is 11.3 Å². The Morgan fingerprint density at radius 2 is 2.08 bits per heavy atom. The zero-order chi connectivity index (χ0) is 17.1. The smallest absolute Gasteiger partial charge is 0.223 e. The molecule has 2 fully saturated rings. The van der Waals surface area contributed by atoms with Gasteiger partial charge in [0.2, 0.25) is 5.91 Å². The number of benzene rings is 1. The van der Waals surface area contributed by atoms with Gasteiger partial charge in [0.25, 0.3) is 0 Å². The van der Waals surface area contributed by atoms with Crippen molar-refractivity contribution in [3.8, 4) is 0 Å². The molecule has 2 aliphatic heterocycles. The van der Waals surface area contributed by atoms with E-state index in [4.69, 9.17) is 0 Å². The maximum absolute atomic E-state index is 14.0. The van der Waals surface area contributed by atoms with Gasteiger partial charge in [0.1, 0.15) is 5.82 Å². The highest BCUT2D eigenvalue weighted by molar-refractivity contribution is 9.10. The first-order chi connectivity index (χ1) is 11.5. The number of carbonyl (C=O) groups excluding carboxylic acids is 1. The molecule has 3 rings (SSSR count). The maximum atomic E-state index is 14.0. The van der Waals surface area contributed by atoms with Crippen molar-refractivity contribution in [1.29, 1.82) is 0 Å². The van der Waals surface area contributed by atoms with E-state index >= 15 is 0 Å². The molecule has 1 amide bonds. The summed E-state index contributed by atoms with van der Waals surface area (Å²) in [6, 6.07) is 6.00. The third-order valence-corrected chi connectivity index (χ3v) is 5.60. The van der Waals surface area contributed by atoms with Crippen molar-refractivity contribution >= 4 is 21.8 Å². The summed E-state index contributed by atoms with van der Waals surface area (Å²) < 4.78 is 14.8. The molecule has 2 bridgehead atoms. The van der Waals surface area contributed by atoms with Crippen LogP contribution in [0, 0.1) is 11.7 Å². The third kappa shape index (κ3) is 4.25. The van der Waals surface area contributed by atoms with E-state index in [1.165, 1.54) is 18.9 Å². The lowest BCUT2D eigenvalue weighted by molar-refractivity contribution is -0.132. The lowest BCUT2D eigenvalue weighted by Crippen LogP contribution is -2.40. The molecule has 2 saturated heterocycles. The van der Waals surface area contributed by atoms with Gasteiger partial charge in [0.05, 0.1) is 0 Å². The van der Waals surface area contributed by atoms with Crippen molar-refractivity contribution in [2.24, 2.45) is 5.92 Å². The van der Waals surface area contributed by atoms with Crippen molar-refractivity contribution in [3.05, 3.63) is 46.7 Å². The molecule has 0 spiro atoms. The van der Waals surface area contributed by atoms with E-state index in [1.54, 1.807) is 23.1 Å². The Morgan fingerprint density at radius 1 is 1.38 bits per heavy atom. The van der Waals surface area contributed by atoms with Crippen LogP contribution in [0.5, 0.6) is 0 Å². The van der Waals surface area contributed by atoms with Crippen molar-refractivity contribution in [1.82, 2.24) is 10.2 Å². The van der Waals surface area contributed by atoms with Gasteiger partial charge in [-0.3, -0.25) is 4.79 Å². The number of piperidine rings is 1. The summed E-state index contributed by atoms with van der Waals surface area (Å²) in [6.45, 7) is 4.47. The summed E-state index contributed by atoms with van der Waals surface area (Å²) in [7, 11) is 0. The van der Waals surface area contributed by atoms with Gasteiger partial charge in [-0.2, -0.15) is 0 Å². The standard InChI is InChI=1S/C19H24BrFN2O/c1-2-7-23(12-14-11-15(20)3-6-18(14)21)19(24)10-13-8-16-4-5-17(9-13)22-16/h2-3,6,11,13,16-17,22H,1,4-5,7-10,12H2. The summed E-state index contributed by atoms with van der Waals surface area (Å²) in [5.41, 5.74) is 0.532. The van der Waals surface area contributed by atoms with Gasteiger partial charge in [-0.15, -0.1) is 6.58 Å². The van der Waals surface area contributed by atoms with Crippen LogP contribution in [0.4, 0.5) is 4.39 Å². The lowest BCUT2D eigenvalue weighted by Gasteiger charge is -2.30. The van der Waals surface area contributed by atoms with E-state index in [0.29, 0.717) is 36.5 Å². The second kappa shape index (κ2) is 7.79. The Balaban J connectivity index is 1.64. The minimum Gasteiger partial charge on any atom is -0.335 e. The third-order valence-electron chi connectivity index (χ3n) is 5.11. The first-order valence-electron chi connectivity index (χ1n) is 8.63. The van der Waals surface area contributed by atoms with Gasteiger partial charge >= 0.3 is 0 Å². The molecule has 0 radical (unpaired) electrons. The average molecular weight is 395 g/mol. The van der Waals surface area contributed by atoms with Gasteiger partial charge < -0.3 is 10.2 Å². The molecular formula is C19H24BrFN2O. The summed E-state index contributed by atoms with van der Waals surface area (Å²) in [6.07, 6.45) is 6.88. The monoisotopic (exact) mass is 394 g/mol. The van der Waals surface area contributed by atoms with Crippen molar-refractivity contribution in [3.63, 3.8) is 0 Å². The largest absolute Gasteiger partial charge is 0.335 e. The second-order valence-corrected chi connectivity index (χ2v) is 7.89. The van der Waals surface area contributed by atoms with E-state index in [-0.39, 0.29) is 18.3 Å². The minimum absolute atomic E-state index is 0.0978. The van der Waals surface area contributed by atoms with E-state index < -0.39 is 0 Å². The number of amides is 1. The Labute approximate surface area is 151 Å². The fourth-order valence-corrected chi connectivity index (χ4v) is 4.41. The van der Waals surface area contributed by atoms with Crippen LogP contribution in [-0.4, -0.2) is 29.4 Å².